The van der Waals surface area contributed by atoms with E-state index in [1.807, 2.05) is 30.3 Å². The van der Waals surface area contributed by atoms with E-state index in [0.717, 1.165) is 16.9 Å². The summed E-state index contributed by atoms with van der Waals surface area (Å²) >= 11 is 6.04. The summed E-state index contributed by atoms with van der Waals surface area (Å²) in [6, 6.07) is 18.3. The number of hydrogen-bond acceptors (Lipinski definition) is 7. The number of rotatable bonds is 2. The molecular weight excluding hydrogens is 534 g/mol. The van der Waals surface area contributed by atoms with Gasteiger partial charge in [0.2, 0.25) is 11.8 Å². The molecule has 8 rings (SSSR count). The zero-order valence-electron chi connectivity index (χ0n) is 20.9. The van der Waals surface area contributed by atoms with Crippen molar-refractivity contribution in [1.82, 2.24) is 14.5 Å². The highest BCUT2D eigenvalue weighted by molar-refractivity contribution is 6.33. The molecule has 11 heteroatoms. The number of aromatic nitrogens is 2. The van der Waals surface area contributed by atoms with Gasteiger partial charge in [-0.2, -0.15) is 0 Å². The van der Waals surface area contributed by atoms with Crippen molar-refractivity contribution in [1.29, 1.82) is 0 Å². The molecule has 4 aliphatic heterocycles. The third kappa shape index (κ3) is 2.62. The van der Waals surface area contributed by atoms with E-state index in [1.165, 1.54) is 18.2 Å². The van der Waals surface area contributed by atoms with Gasteiger partial charge >= 0.3 is 0 Å². The Morgan fingerprint density at radius 3 is 2.60 bits per heavy atom. The van der Waals surface area contributed by atoms with Crippen LogP contribution < -0.4 is 10.5 Å². The van der Waals surface area contributed by atoms with Gasteiger partial charge in [-0.25, -0.2) is 9.88 Å². The Hall–Kier alpha value is -4.41. The van der Waals surface area contributed by atoms with E-state index in [-0.39, 0.29) is 28.0 Å². The van der Waals surface area contributed by atoms with Crippen molar-refractivity contribution in [2.75, 3.05) is 11.4 Å². The number of carbonyl (C=O) groups is 2. The second-order valence-corrected chi connectivity index (χ2v) is 11.1. The zero-order chi connectivity index (χ0) is 27.5. The molecule has 40 heavy (non-hydrogen) atoms. The fourth-order valence-corrected chi connectivity index (χ4v) is 7.83. The number of anilines is 1. The first kappa shape index (κ1) is 23.5. The van der Waals surface area contributed by atoms with E-state index < -0.39 is 34.1 Å². The van der Waals surface area contributed by atoms with Crippen molar-refractivity contribution >= 4 is 45.7 Å². The van der Waals surface area contributed by atoms with Crippen molar-refractivity contribution in [3.05, 3.63) is 104 Å². The molecule has 3 fully saturated rings. The number of amides is 2. The SMILES string of the molecule is O=C1[C@H]2[C@H]3CCCN3[C@@]3(c4ccccc4-n4c3nc3ccccc3c4=O)[C@H]2C(=O)N1c1ccc(Cl)c([N+](=O)[O-])c1. The van der Waals surface area contributed by atoms with Gasteiger partial charge in [-0.15, -0.1) is 0 Å². The normalized spacial score (nSPS) is 26.4. The van der Waals surface area contributed by atoms with Gasteiger partial charge in [0.05, 0.1) is 39.0 Å². The van der Waals surface area contributed by atoms with Crippen LogP contribution in [0.2, 0.25) is 5.02 Å². The molecule has 0 saturated carbocycles. The number of imide groups is 1. The number of nitro groups is 1. The second kappa shape index (κ2) is 7.83. The third-order valence-electron chi connectivity index (χ3n) is 9.02. The fourth-order valence-electron chi connectivity index (χ4n) is 7.65. The van der Waals surface area contributed by atoms with E-state index in [2.05, 4.69) is 4.90 Å². The molecule has 0 bridgehead atoms. The molecule has 0 N–H and O–H groups in total. The van der Waals surface area contributed by atoms with Crippen LogP contribution >= 0.6 is 11.6 Å². The molecule has 4 aromatic rings. The molecule has 5 heterocycles. The molecule has 0 aliphatic carbocycles. The second-order valence-electron chi connectivity index (χ2n) is 10.7. The van der Waals surface area contributed by atoms with Gasteiger partial charge in [0.1, 0.15) is 16.4 Å². The summed E-state index contributed by atoms with van der Waals surface area (Å²) in [6.07, 6.45) is 1.53. The molecule has 1 aromatic heterocycles. The summed E-state index contributed by atoms with van der Waals surface area (Å²) in [4.78, 5) is 61.8. The lowest BCUT2D eigenvalue weighted by Gasteiger charge is -2.38. The van der Waals surface area contributed by atoms with Crippen LogP contribution in [0, 0.1) is 22.0 Å². The molecule has 4 atom stereocenters. The largest absolute Gasteiger partial charge is 0.289 e. The van der Waals surface area contributed by atoms with Gasteiger partial charge in [0.15, 0.2) is 0 Å². The number of para-hydroxylation sites is 2. The standard InChI is InChI=1S/C29H20ClN5O5/c30-18-12-11-15(14-22(18)35(39)40)33-26(37)23-21-10-5-13-32(21)29(24(23)27(33)38)17-7-2-4-9-20(17)34-25(36)16-6-1-3-8-19(16)31-28(29)34/h1-4,6-9,11-12,14,21,23-24H,5,10,13H2/t21-,23+,24-,29+/m1/s1. The molecule has 2 amide bonds. The number of halogens is 1. The van der Waals surface area contributed by atoms with E-state index in [4.69, 9.17) is 16.6 Å². The molecule has 1 spiro atoms. The molecule has 3 saturated heterocycles. The molecule has 198 valence electrons. The zero-order valence-corrected chi connectivity index (χ0v) is 21.6. The summed E-state index contributed by atoms with van der Waals surface area (Å²) in [6.45, 7) is 0.641. The number of hydrogen-bond donors (Lipinski definition) is 0. The van der Waals surface area contributed by atoms with Crippen molar-refractivity contribution < 1.29 is 14.5 Å². The predicted octanol–water partition coefficient (Wildman–Crippen LogP) is 3.79. The Kier molecular flexibility index (Phi) is 4.60. The van der Waals surface area contributed by atoms with Crippen LogP contribution in [0.5, 0.6) is 0 Å². The lowest BCUT2D eigenvalue weighted by Crippen LogP contribution is -2.51. The molecule has 0 unspecified atom stereocenters. The minimum absolute atomic E-state index is 0.0828. The van der Waals surface area contributed by atoms with Gasteiger partial charge < -0.3 is 0 Å². The van der Waals surface area contributed by atoms with E-state index in [1.54, 1.807) is 22.8 Å². The maximum absolute atomic E-state index is 14.5. The van der Waals surface area contributed by atoms with Crippen molar-refractivity contribution in [3.63, 3.8) is 0 Å². The van der Waals surface area contributed by atoms with E-state index >= 15 is 0 Å². The lowest BCUT2D eigenvalue weighted by atomic mass is 9.75. The fraction of sp³-hybridized carbons (Fsp3) is 0.241. The summed E-state index contributed by atoms with van der Waals surface area (Å²) in [5, 5.41) is 12.0. The number of fused-ring (bicyclic) bond motifs is 11. The average Bonchev–Trinajstić information content (AvgIpc) is 3.66. The quantitative estimate of drug-likeness (QED) is 0.210. The van der Waals surface area contributed by atoms with Gasteiger partial charge in [-0.1, -0.05) is 41.9 Å². The first-order chi connectivity index (χ1) is 19.4. The van der Waals surface area contributed by atoms with Gasteiger partial charge in [0.25, 0.3) is 11.2 Å². The Bertz CT molecular complexity index is 1910. The van der Waals surface area contributed by atoms with Crippen LogP contribution in [0.1, 0.15) is 24.2 Å². The van der Waals surface area contributed by atoms with Crippen LogP contribution in [0.4, 0.5) is 11.4 Å². The summed E-state index contributed by atoms with van der Waals surface area (Å²) in [7, 11) is 0. The Morgan fingerprint density at radius 1 is 1.00 bits per heavy atom. The topological polar surface area (TPSA) is 119 Å². The van der Waals surface area contributed by atoms with Crippen molar-refractivity contribution in [2.24, 2.45) is 11.8 Å². The van der Waals surface area contributed by atoms with E-state index in [0.29, 0.717) is 35.4 Å². The summed E-state index contributed by atoms with van der Waals surface area (Å²) in [5.41, 5.74) is 0.275. The highest BCUT2D eigenvalue weighted by atomic mass is 35.5. The Balaban J connectivity index is 1.41. The Morgan fingerprint density at radius 2 is 1.77 bits per heavy atom. The number of benzene rings is 3. The number of carbonyl (C=O) groups excluding carboxylic acids is 2. The van der Waals surface area contributed by atoms with Crippen LogP contribution in [-0.4, -0.2) is 43.8 Å². The molecule has 10 nitrogen and oxygen atoms in total. The van der Waals surface area contributed by atoms with Crippen LogP contribution in [0.15, 0.2) is 71.5 Å². The lowest BCUT2D eigenvalue weighted by molar-refractivity contribution is -0.384. The molecule has 0 radical (unpaired) electrons. The smallest absolute Gasteiger partial charge is 0.283 e. The first-order valence-electron chi connectivity index (χ1n) is 13.1. The van der Waals surface area contributed by atoms with Gasteiger partial charge in [-0.05, 0) is 49.7 Å². The summed E-state index contributed by atoms with van der Waals surface area (Å²) < 4.78 is 1.60. The highest BCUT2D eigenvalue weighted by Gasteiger charge is 2.73. The molecule has 4 aliphatic rings. The monoisotopic (exact) mass is 553 g/mol. The highest BCUT2D eigenvalue weighted by Crippen LogP contribution is 2.62. The first-order valence-corrected chi connectivity index (χ1v) is 13.4. The van der Waals surface area contributed by atoms with Crippen LogP contribution in [0.25, 0.3) is 16.6 Å². The van der Waals surface area contributed by atoms with Crippen LogP contribution in [-0.2, 0) is 15.1 Å². The molecular formula is C29H20ClN5O5. The van der Waals surface area contributed by atoms with Crippen molar-refractivity contribution in [3.8, 4) is 5.69 Å². The molecule has 3 aromatic carbocycles. The number of nitrogens with zero attached hydrogens (tertiary/aromatic N) is 5. The maximum atomic E-state index is 14.5. The minimum Gasteiger partial charge on any atom is -0.283 e. The van der Waals surface area contributed by atoms with Gasteiger partial charge in [0, 0.05) is 17.7 Å². The van der Waals surface area contributed by atoms with E-state index in [9.17, 15) is 24.5 Å². The van der Waals surface area contributed by atoms with Gasteiger partial charge in [-0.3, -0.25) is 34.0 Å². The average molecular weight is 554 g/mol. The third-order valence-corrected chi connectivity index (χ3v) is 9.34. The predicted molar refractivity (Wildman–Crippen MR) is 145 cm³/mol. The van der Waals surface area contributed by atoms with Crippen molar-refractivity contribution in [2.45, 2.75) is 24.4 Å². The minimum atomic E-state index is -1.15. The van der Waals surface area contributed by atoms with Crippen LogP contribution in [0.3, 0.4) is 0 Å². The summed E-state index contributed by atoms with van der Waals surface area (Å²) in [5.74, 6) is -2.01. The number of nitro benzene ring substituents is 1. The maximum Gasteiger partial charge on any atom is 0.289 e. The Labute approximate surface area is 231 Å².